The first-order valence-electron chi connectivity index (χ1n) is 5.65. The Morgan fingerprint density at radius 3 is 1.22 bits per heavy atom. The van der Waals surface area contributed by atoms with Crippen molar-refractivity contribution in [2.24, 2.45) is 0 Å². The summed E-state index contributed by atoms with van der Waals surface area (Å²) in [7, 11) is 0. The van der Waals surface area contributed by atoms with Gasteiger partial charge in [0.1, 0.15) is 0 Å². The highest BCUT2D eigenvalue weighted by molar-refractivity contribution is 5.62. The molecule has 0 radical (unpaired) electrons. The van der Waals surface area contributed by atoms with Gasteiger partial charge in [0, 0.05) is 0 Å². The van der Waals surface area contributed by atoms with Gasteiger partial charge in [0.2, 0.25) is 0 Å². The molecule has 3 nitrogen and oxygen atoms in total. The van der Waals surface area contributed by atoms with E-state index in [0.29, 0.717) is 0 Å². The standard InChI is InChI=1S/C12H10.C3H3N3/c1-3-7-11(8-4-1)12-9-5-2-6-10-12;1-2-4-6-5-3-1/h1-10H;1-3H. The van der Waals surface area contributed by atoms with Gasteiger partial charge < -0.3 is 0 Å². The molecule has 0 atom stereocenters. The van der Waals surface area contributed by atoms with Crippen LogP contribution in [-0.2, 0) is 0 Å². The Morgan fingerprint density at radius 2 is 0.944 bits per heavy atom. The van der Waals surface area contributed by atoms with Crippen molar-refractivity contribution in [1.82, 2.24) is 15.4 Å². The maximum absolute atomic E-state index is 3.42. The summed E-state index contributed by atoms with van der Waals surface area (Å²) in [6, 6.07) is 22.5. The maximum Gasteiger partial charge on any atom is 0.0529 e. The lowest BCUT2D eigenvalue weighted by Crippen LogP contribution is -1.78. The van der Waals surface area contributed by atoms with Crippen LogP contribution in [0.3, 0.4) is 0 Å². The normalized spacial score (nSPS) is 9.11. The monoisotopic (exact) mass is 235 g/mol. The van der Waals surface area contributed by atoms with Gasteiger partial charge in [-0.1, -0.05) is 60.7 Å². The van der Waals surface area contributed by atoms with E-state index in [1.165, 1.54) is 11.1 Å². The Morgan fingerprint density at radius 1 is 0.500 bits per heavy atom. The molecular formula is C15H13N3. The number of hydrogen-bond donors (Lipinski definition) is 0. The summed E-state index contributed by atoms with van der Waals surface area (Å²) in [4.78, 5) is 0. The fraction of sp³-hybridized carbons (Fsp3) is 0. The molecule has 88 valence electrons. The molecule has 18 heavy (non-hydrogen) atoms. The second-order valence-electron chi connectivity index (χ2n) is 3.54. The average Bonchev–Trinajstić information content (AvgIpc) is 2.51. The largest absolute Gasteiger partial charge is 0.139 e. The lowest BCUT2D eigenvalue weighted by molar-refractivity contribution is 0.865. The fourth-order valence-corrected chi connectivity index (χ4v) is 1.47. The van der Waals surface area contributed by atoms with Crippen molar-refractivity contribution in [3.8, 4) is 11.1 Å². The fourth-order valence-electron chi connectivity index (χ4n) is 1.47. The van der Waals surface area contributed by atoms with Crippen molar-refractivity contribution in [2.45, 2.75) is 0 Å². The van der Waals surface area contributed by atoms with E-state index in [2.05, 4.69) is 63.9 Å². The SMILES string of the molecule is c1ccc(-c2ccccc2)cc1.c1cnnnc1. The van der Waals surface area contributed by atoms with Crippen LogP contribution in [-0.4, -0.2) is 15.4 Å². The molecule has 0 amide bonds. The van der Waals surface area contributed by atoms with Gasteiger partial charge in [-0.15, -0.1) is 10.2 Å². The number of aromatic nitrogens is 3. The van der Waals surface area contributed by atoms with Crippen molar-refractivity contribution >= 4 is 0 Å². The van der Waals surface area contributed by atoms with Gasteiger partial charge in [0.25, 0.3) is 0 Å². The zero-order chi connectivity index (χ0) is 12.5. The van der Waals surface area contributed by atoms with Crippen molar-refractivity contribution in [3.63, 3.8) is 0 Å². The summed E-state index contributed by atoms with van der Waals surface area (Å²) in [6.07, 6.45) is 3.15. The molecule has 0 unspecified atom stereocenters. The lowest BCUT2D eigenvalue weighted by Gasteiger charge is -1.98. The summed E-state index contributed by atoms with van der Waals surface area (Å²) >= 11 is 0. The van der Waals surface area contributed by atoms with Crippen LogP contribution < -0.4 is 0 Å². The van der Waals surface area contributed by atoms with E-state index in [1.807, 2.05) is 12.1 Å². The van der Waals surface area contributed by atoms with Gasteiger partial charge in [0.15, 0.2) is 0 Å². The molecule has 0 N–H and O–H groups in total. The molecule has 3 heteroatoms. The second kappa shape index (κ2) is 6.91. The Kier molecular flexibility index (Phi) is 4.58. The van der Waals surface area contributed by atoms with Crippen LogP contribution in [0.1, 0.15) is 0 Å². The van der Waals surface area contributed by atoms with Crippen LogP contribution in [0.5, 0.6) is 0 Å². The number of hydrogen-bond acceptors (Lipinski definition) is 3. The summed E-state index contributed by atoms with van der Waals surface area (Å²) in [5.74, 6) is 0. The first kappa shape index (κ1) is 11.9. The zero-order valence-corrected chi connectivity index (χ0v) is 9.85. The average molecular weight is 235 g/mol. The number of rotatable bonds is 1. The van der Waals surface area contributed by atoms with E-state index in [1.54, 1.807) is 18.5 Å². The molecule has 0 aliphatic rings. The predicted molar refractivity (Wildman–Crippen MR) is 71.7 cm³/mol. The molecule has 0 spiro atoms. The Bertz CT molecular complexity index is 474. The van der Waals surface area contributed by atoms with E-state index >= 15 is 0 Å². The molecule has 1 heterocycles. The quantitative estimate of drug-likeness (QED) is 0.650. The maximum atomic E-state index is 3.42. The van der Waals surface area contributed by atoms with Crippen LogP contribution in [0.4, 0.5) is 0 Å². The van der Waals surface area contributed by atoms with Crippen LogP contribution >= 0.6 is 0 Å². The molecule has 1 aromatic heterocycles. The third-order valence-electron chi connectivity index (χ3n) is 2.29. The predicted octanol–water partition coefficient (Wildman–Crippen LogP) is 3.23. The van der Waals surface area contributed by atoms with Crippen molar-refractivity contribution in [2.75, 3.05) is 0 Å². The molecule has 2 aromatic carbocycles. The molecule has 0 aliphatic carbocycles. The van der Waals surface area contributed by atoms with Crippen LogP contribution in [0.25, 0.3) is 11.1 Å². The first-order valence-corrected chi connectivity index (χ1v) is 5.65. The number of nitrogens with zero attached hydrogens (tertiary/aromatic N) is 3. The Hall–Kier alpha value is -2.55. The minimum Gasteiger partial charge on any atom is -0.139 e. The Balaban J connectivity index is 0.000000169. The zero-order valence-electron chi connectivity index (χ0n) is 9.85. The molecule has 3 aromatic rings. The van der Waals surface area contributed by atoms with E-state index in [-0.39, 0.29) is 0 Å². The second-order valence-corrected chi connectivity index (χ2v) is 3.54. The van der Waals surface area contributed by atoms with E-state index in [0.717, 1.165) is 0 Å². The highest BCUT2D eigenvalue weighted by Crippen LogP contribution is 2.17. The van der Waals surface area contributed by atoms with Crippen LogP contribution in [0.2, 0.25) is 0 Å². The first-order chi connectivity index (χ1) is 8.97. The van der Waals surface area contributed by atoms with E-state index < -0.39 is 0 Å². The van der Waals surface area contributed by atoms with Gasteiger partial charge in [0.05, 0.1) is 12.4 Å². The minimum atomic E-state index is 1.28. The van der Waals surface area contributed by atoms with Gasteiger partial charge in [-0.25, -0.2) is 0 Å². The Labute approximate surface area is 106 Å². The van der Waals surface area contributed by atoms with Crippen LogP contribution in [0.15, 0.2) is 79.1 Å². The molecule has 3 rings (SSSR count). The third-order valence-corrected chi connectivity index (χ3v) is 2.29. The summed E-state index contributed by atoms with van der Waals surface area (Å²) in [5, 5.41) is 10.1. The van der Waals surface area contributed by atoms with E-state index in [4.69, 9.17) is 0 Å². The molecule has 0 fully saturated rings. The molecule has 0 bridgehead atoms. The van der Waals surface area contributed by atoms with Crippen molar-refractivity contribution in [3.05, 3.63) is 79.1 Å². The third kappa shape index (κ3) is 3.79. The van der Waals surface area contributed by atoms with Crippen molar-refractivity contribution in [1.29, 1.82) is 0 Å². The van der Waals surface area contributed by atoms with Crippen LogP contribution in [0, 0.1) is 0 Å². The smallest absolute Gasteiger partial charge is 0.0529 e. The molecule has 0 saturated heterocycles. The van der Waals surface area contributed by atoms with E-state index in [9.17, 15) is 0 Å². The highest BCUT2D eigenvalue weighted by atomic mass is 15.3. The summed E-state index contributed by atoms with van der Waals surface area (Å²) < 4.78 is 0. The van der Waals surface area contributed by atoms with Gasteiger partial charge in [-0.2, -0.15) is 0 Å². The molecule has 0 saturated carbocycles. The van der Waals surface area contributed by atoms with Gasteiger partial charge in [-0.05, 0) is 22.4 Å². The van der Waals surface area contributed by atoms with Crippen molar-refractivity contribution < 1.29 is 0 Å². The van der Waals surface area contributed by atoms with Gasteiger partial charge >= 0.3 is 0 Å². The molecule has 0 aliphatic heterocycles. The molecular weight excluding hydrogens is 222 g/mol. The topological polar surface area (TPSA) is 38.7 Å². The minimum absolute atomic E-state index is 1.28. The number of benzene rings is 2. The lowest BCUT2D eigenvalue weighted by atomic mass is 10.1. The highest BCUT2D eigenvalue weighted by Gasteiger charge is 1.91. The summed E-state index contributed by atoms with van der Waals surface area (Å²) in [6.45, 7) is 0. The summed E-state index contributed by atoms with van der Waals surface area (Å²) in [5.41, 5.74) is 2.55. The van der Waals surface area contributed by atoms with Gasteiger partial charge in [-0.3, -0.25) is 0 Å².